The van der Waals surface area contributed by atoms with Crippen LogP contribution in [0.3, 0.4) is 0 Å². The molecule has 8 nitrogen and oxygen atoms in total. The van der Waals surface area contributed by atoms with Crippen molar-refractivity contribution in [2.24, 2.45) is 0 Å². The van der Waals surface area contributed by atoms with Gasteiger partial charge in [-0.25, -0.2) is 0 Å². The first kappa shape index (κ1) is 52.2. The number of carbonyl (C=O) groups excluding carboxylic acids is 3. The van der Waals surface area contributed by atoms with Crippen LogP contribution in [0.2, 0.25) is 0 Å². The van der Waals surface area contributed by atoms with Crippen molar-refractivity contribution in [2.45, 2.75) is 148 Å². The SMILES string of the molecule is CC/C=C/C/C=C/C/C=C/C/C=C/C/C=C/C/C=C/CCC(=O)OC(COCCC(C(=O)[O-])[N+](C)(C)C)COC(=O)CC/C=C/C/C=C/CCCCCCCC. The number of esters is 2. The summed E-state index contributed by atoms with van der Waals surface area (Å²) < 4.78 is 17.0. The third kappa shape index (κ3) is 35.9. The van der Waals surface area contributed by atoms with Crippen molar-refractivity contribution < 1.29 is 38.2 Å². The summed E-state index contributed by atoms with van der Waals surface area (Å²) in [4.78, 5) is 36.7. The lowest BCUT2D eigenvalue weighted by atomic mass is 10.1. The lowest BCUT2D eigenvalue weighted by Crippen LogP contribution is -2.55. The predicted octanol–water partition coefficient (Wildman–Crippen LogP) is 10.2. The maximum atomic E-state index is 12.7. The zero-order chi connectivity index (χ0) is 41.4. The van der Waals surface area contributed by atoms with Crippen LogP contribution in [0, 0.1) is 0 Å². The van der Waals surface area contributed by atoms with Crippen LogP contribution in [0.4, 0.5) is 0 Å². The number of hydrogen-bond donors (Lipinski definition) is 0. The molecule has 0 amide bonds. The van der Waals surface area contributed by atoms with Crippen molar-refractivity contribution in [3.8, 4) is 0 Å². The number of quaternary nitrogens is 1. The molecule has 0 aromatic rings. The molecule has 8 heteroatoms. The normalized spacial score (nSPS) is 13.9. The lowest BCUT2D eigenvalue weighted by Gasteiger charge is -2.34. The van der Waals surface area contributed by atoms with Crippen LogP contribution in [-0.2, 0) is 28.6 Å². The summed E-state index contributed by atoms with van der Waals surface area (Å²) in [6, 6.07) is -0.751. The molecule has 0 N–H and O–H groups in total. The number of rotatable bonds is 36. The molecule has 0 saturated heterocycles. The Bertz CT molecular complexity index is 1230. The molecule has 56 heavy (non-hydrogen) atoms. The molecule has 0 aromatic heterocycles. The van der Waals surface area contributed by atoms with Crippen molar-refractivity contribution in [2.75, 3.05) is 41.0 Å². The summed E-state index contributed by atoms with van der Waals surface area (Å²) in [7, 11) is 5.35. The van der Waals surface area contributed by atoms with Crippen LogP contribution >= 0.6 is 0 Å². The maximum absolute atomic E-state index is 12.7. The van der Waals surface area contributed by atoms with E-state index in [1.54, 1.807) is 21.1 Å². The van der Waals surface area contributed by atoms with Crippen molar-refractivity contribution >= 4 is 17.9 Å². The molecule has 0 saturated carbocycles. The highest BCUT2D eigenvalue weighted by molar-refractivity contribution is 5.70. The molecule has 0 spiro atoms. The number of aliphatic carboxylic acids is 1. The van der Waals surface area contributed by atoms with Gasteiger partial charge >= 0.3 is 11.9 Å². The van der Waals surface area contributed by atoms with Gasteiger partial charge in [-0.15, -0.1) is 0 Å². The molecule has 0 aliphatic rings. The number of carboxylic acid groups (broad SMARTS) is 1. The maximum Gasteiger partial charge on any atom is 0.306 e. The highest BCUT2D eigenvalue weighted by Crippen LogP contribution is 2.10. The molecular weight excluding hydrogens is 703 g/mol. The van der Waals surface area contributed by atoms with Gasteiger partial charge in [-0.2, -0.15) is 0 Å². The number of likely N-dealkylation sites (N-methyl/N-ethyl adjacent to an activating group) is 1. The van der Waals surface area contributed by atoms with E-state index < -0.39 is 24.1 Å². The first-order valence-electron chi connectivity index (χ1n) is 21.3. The number of hydrogen-bond acceptors (Lipinski definition) is 7. The summed E-state index contributed by atoms with van der Waals surface area (Å²) in [5, 5.41) is 11.6. The Labute approximate surface area is 341 Å². The summed E-state index contributed by atoms with van der Waals surface area (Å²) in [5.41, 5.74) is 0. The summed E-state index contributed by atoms with van der Waals surface area (Å²) in [6.07, 6.45) is 50.4. The van der Waals surface area contributed by atoms with Gasteiger partial charge in [0.05, 0.1) is 40.3 Å². The Morgan fingerprint density at radius 1 is 0.554 bits per heavy atom. The molecule has 0 aliphatic carbocycles. The predicted molar refractivity (Wildman–Crippen MR) is 231 cm³/mol. The fourth-order valence-electron chi connectivity index (χ4n) is 5.44. The molecular formula is C48H77NO7. The van der Waals surface area contributed by atoms with Crippen LogP contribution in [0.25, 0.3) is 0 Å². The standard InChI is InChI=1S/C48H77NO7/c1-6-8-10-12-14-16-18-20-21-22-23-24-25-27-29-31-33-35-37-39-47(51)56-44(42-54-41-40-45(48(52)53)49(3,4)5)43-55-46(50)38-36-34-32-30-28-26-19-17-15-13-11-9-7-2/h8,10,14,16,20-21,23-24,26-29,32-35,44-45H,6-7,9,11-13,15,17-19,22,25,30-31,36-43H2,1-5H3/b10-8+,16-14+,21-20+,24-23+,28-26+,29-27+,34-32+,35-33+. The van der Waals surface area contributed by atoms with Gasteiger partial charge in [0.1, 0.15) is 12.6 Å². The van der Waals surface area contributed by atoms with Gasteiger partial charge in [-0.3, -0.25) is 9.59 Å². The zero-order valence-corrected chi connectivity index (χ0v) is 35.8. The van der Waals surface area contributed by atoms with Gasteiger partial charge in [0.15, 0.2) is 6.10 Å². The van der Waals surface area contributed by atoms with E-state index in [0.29, 0.717) is 12.8 Å². The fourth-order valence-corrected chi connectivity index (χ4v) is 5.44. The first-order chi connectivity index (χ1) is 27.1. The molecule has 0 bridgehead atoms. The third-order valence-corrected chi connectivity index (χ3v) is 8.73. The third-order valence-electron chi connectivity index (χ3n) is 8.73. The molecule has 2 unspecified atom stereocenters. The minimum absolute atomic E-state index is 0.0131. The molecule has 0 aromatic carbocycles. The smallest absolute Gasteiger partial charge is 0.306 e. The molecule has 0 radical (unpaired) electrons. The quantitative estimate of drug-likeness (QED) is 0.0270. The van der Waals surface area contributed by atoms with Crippen LogP contribution in [0.15, 0.2) is 97.2 Å². The summed E-state index contributed by atoms with van der Waals surface area (Å²) in [6.45, 7) is 4.36. The van der Waals surface area contributed by atoms with E-state index in [2.05, 4.69) is 92.8 Å². The molecule has 0 rings (SSSR count). The largest absolute Gasteiger partial charge is 0.544 e. The lowest BCUT2D eigenvalue weighted by molar-refractivity contribution is -0.889. The second-order valence-electron chi connectivity index (χ2n) is 14.8. The monoisotopic (exact) mass is 780 g/mol. The highest BCUT2D eigenvalue weighted by Gasteiger charge is 2.25. The van der Waals surface area contributed by atoms with Crippen molar-refractivity contribution in [1.29, 1.82) is 0 Å². The van der Waals surface area contributed by atoms with E-state index >= 15 is 0 Å². The van der Waals surface area contributed by atoms with Gasteiger partial charge in [0, 0.05) is 19.3 Å². The van der Waals surface area contributed by atoms with Gasteiger partial charge in [0.25, 0.3) is 0 Å². The van der Waals surface area contributed by atoms with E-state index in [9.17, 15) is 19.5 Å². The number of nitrogens with zero attached hydrogens (tertiary/aromatic N) is 1. The minimum atomic E-state index is -1.15. The van der Waals surface area contributed by atoms with Gasteiger partial charge in [-0.05, 0) is 70.6 Å². The Morgan fingerprint density at radius 3 is 1.48 bits per heavy atom. The second kappa shape index (κ2) is 38.1. The Morgan fingerprint density at radius 2 is 1.00 bits per heavy atom. The van der Waals surface area contributed by atoms with E-state index in [1.165, 1.54) is 38.5 Å². The second-order valence-corrected chi connectivity index (χ2v) is 14.8. The highest BCUT2D eigenvalue weighted by atomic mass is 16.6. The van der Waals surface area contributed by atoms with Crippen LogP contribution in [0.1, 0.15) is 136 Å². The Hall–Kier alpha value is -3.75. The Kier molecular flexibility index (Phi) is 35.6. The van der Waals surface area contributed by atoms with Gasteiger partial charge in [0.2, 0.25) is 0 Å². The molecule has 0 fully saturated rings. The number of carboxylic acids is 1. The number of allylic oxidation sites excluding steroid dienone is 16. The number of ether oxygens (including phenoxy) is 3. The molecule has 0 aliphatic heterocycles. The van der Waals surface area contributed by atoms with Gasteiger partial charge in [-0.1, -0.05) is 143 Å². The zero-order valence-electron chi connectivity index (χ0n) is 35.8. The van der Waals surface area contributed by atoms with Crippen LogP contribution in [0.5, 0.6) is 0 Å². The number of carbonyl (C=O) groups is 3. The average molecular weight is 780 g/mol. The molecule has 316 valence electrons. The number of unbranched alkanes of at least 4 members (excludes halogenated alkanes) is 6. The first-order valence-corrected chi connectivity index (χ1v) is 21.3. The summed E-state index contributed by atoms with van der Waals surface area (Å²) in [5.74, 6) is -1.94. The van der Waals surface area contributed by atoms with Crippen molar-refractivity contribution in [3.63, 3.8) is 0 Å². The van der Waals surface area contributed by atoms with E-state index in [-0.39, 0.29) is 49.5 Å². The average Bonchev–Trinajstić information content (AvgIpc) is 3.15. The minimum Gasteiger partial charge on any atom is -0.544 e. The topological polar surface area (TPSA) is 102 Å². The summed E-state index contributed by atoms with van der Waals surface area (Å²) >= 11 is 0. The van der Waals surface area contributed by atoms with Crippen molar-refractivity contribution in [3.05, 3.63) is 97.2 Å². The van der Waals surface area contributed by atoms with Crippen molar-refractivity contribution in [1.82, 2.24) is 0 Å². The van der Waals surface area contributed by atoms with Gasteiger partial charge < -0.3 is 28.6 Å². The molecule has 2 atom stereocenters. The van der Waals surface area contributed by atoms with E-state index in [0.717, 1.165) is 51.4 Å². The Balaban J connectivity index is 4.59. The van der Waals surface area contributed by atoms with Crippen LogP contribution in [-0.4, -0.2) is 75.5 Å². The van der Waals surface area contributed by atoms with Crippen LogP contribution < -0.4 is 5.11 Å². The molecule has 0 heterocycles. The van der Waals surface area contributed by atoms with E-state index in [1.807, 2.05) is 18.2 Å². The van der Waals surface area contributed by atoms with E-state index in [4.69, 9.17) is 14.2 Å². The fraction of sp³-hybridized carbons (Fsp3) is 0.604.